The number of nitrogens with zero attached hydrogens (tertiary/aromatic N) is 2. The van der Waals surface area contributed by atoms with Crippen LogP contribution < -0.4 is 0 Å². The number of hydrogen-bond donors (Lipinski definition) is 1. The van der Waals surface area contributed by atoms with E-state index < -0.39 is 56.5 Å². The summed E-state index contributed by atoms with van der Waals surface area (Å²) in [5, 5.41) is 10.7. The van der Waals surface area contributed by atoms with Crippen LogP contribution in [0.5, 0.6) is 0 Å². The summed E-state index contributed by atoms with van der Waals surface area (Å²) in [6.07, 6.45) is 2.22. The van der Waals surface area contributed by atoms with E-state index in [0.29, 0.717) is 30.8 Å². The van der Waals surface area contributed by atoms with Crippen LogP contribution in [-0.2, 0) is 30.7 Å². The van der Waals surface area contributed by atoms with Gasteiger partial charge in [0.2, 0.25) is 0 Å². The molecule has 1 atom stereocenters. The summed E-state index contributed by atoms with van der Waals surface area (Å²) in [7, 11) is -9.67. The number of ether oxygens (including phenoxy) is 2. The number of β-amino-alcohol motifs (C(OH)–C–C–N with tert-alkyl or cyclic N) is 1. The fraction of sp³-hybridized carbons (Fsp3) is 0.900. The van der Waals surface area contributed by atoms with Crippen LogP contribution in [0.4, 0.5) is 0 Å². The molecule has 1 rings (SSSR count). The third-order valence-electron chi connectivity index (χ3n) is 6.94. The van der Waals surface area contributed by atoms with E-state index in [0.717, 1.165) is 38.6 Å². The van der Waals surface area contributed by atoms with Gasteiger partial charge in [0.15, 0.2) is 39.8 Å². The van der Waals surface area contributed by atoms with E-state index in [1.165, 1.54) is 0 Å². The van der Waals surface area contributed by atoms with Crippen LogP contribution in [0.3, 0.4) is 0 Å². The maximum atomic E-state index is 12.7. The molecule has 1 aliphatic heterocycles. The van der Waals surface area contributed by atoms with E-state index >= 15 is 0 Å². The third-order valence-corrected chi connectivity index (χ3v) is 25.5. The molecule has 0 amide bonds. The van der Waals surface area contributed by atoms with Crippen LogP contribution >= 0.6 is 0 Å². The molecule has 46 heavy (non-hydrogen) atoms. The molecule has 1 aliphatic rings. The van der Waals surface area contributed by atoms with Crippen LogP contribution in [0, 0.1) is 0 Å². The standard InChI is InChI=1S/C30H71N2O8Si6/c1-32(27-30(34)36-23-17-25-46(15,39-43(8,9)10)40-44(11,12)13)20-18-31(19-21-32)26-29(33)28-35-22-16-24-45(14,37-41(2,3)4)38-42(5,6)7/h17,25,29,33H,16,18-24,26-28H2,1-15H3/q+1/b25-17-. The molecule has 1 saturated heterocycles. The number of esters is 1. The van der Waals surface area contributed by atoms with Gasteiger partial charge in [-0.25, -0.2) is 4.79 Å². The van der Waals surface area contributed by atoms with E-state index in [4.69, 9.17) is 25.9 Å². The second kappa shape index (κ2) is 17.9. The van der Waals surface area contributed by atoms with Crippen molar-refractivity contribution in [2.24, 2.45) is 0 Å². The Bertz CT molecular complexity index is 923. The highest BCUT2D eigenvalue weighted by Crippen LogP contribution is 2.26. The summed E-state index contributed by atoms with van der Waals surface area (Å²) >= 11 is 0. The first kappa shape index (κ1) is 44.2. The van der Waals surface area contributed by atoms with E-state index in [9.17, 15) is 9.90 Å². The number of likely N-dealkylation sites (N-methyl/N-ethyl adjacent to an activating group) is 1. The number of hydrogen-bond acceptors (Lipinski definition) is 9. The summed E-state index contributed by atoms with van der Waals surface area (Å²) in [4.78, 5) is 15.0. The molecular weight excluding hydrogens is 685 g/mol. The van der Waals surface area contributed by atoms with Crippen LogP contribution in [-0.4, -0.2) is 143 Å². The van der Waals surface area contributed by atoms with Crippen LogP contribution in [0.25, 0.3) is 0 Å². The Morgan fingerprint density at radius 1 is 0.804 bits per heavy atom. The van der Waals surface area contributed by atoms with Crippen LogP contribution in [0.2, 0.25) is 97.7 Å². The second-order valence-electron chi connectivity index (χ2n) is 17.5. The normalized spacial score (nSPS) is 18.3. The summed E-state index contributed by atoms with van der Waals surface area (Å²) in [5.41, 5.74) is 2.03. The molecule has 0 bridgehead atoms. The molecule has 1 fully saturated rings. The van der Waals surface area contributed by atoms with E-state index in [1.54, 1.807) is 0 Å². The molecular formula is C30H71N2O8Si6+. The third kappa shape index (κ3) is 21.3. The predicted molar refractivity (Wildman–Crippen MR) is 205 cm³/mol. The Balaban J connectivity index is 2.44. The molecule has 1 N–H and O–H groups in total. The number of aliphatic hydroxyl groups excluding tert-OH is 1. The van der Waals surface area contributed by atoms with Crippen molar-refractivity contribution < 1.29 is 40.3 Å². The van der Waals surface area contributed by atoms with Gasteiger partial charge in [-0.1, -0.05) is 6.08 Å². The van der Waals surface area contributed by atoms with Gasteiger partial charge in [-0.2, -0.15) is 0 Å². The molecule has 1 heterocycles. The summed E-state index contributed by atoms with van der Waals surface area (Å²) in [6, 6.07) is 0.903. The molecule has 0 saturated carbocycles. The number of rotatable bonds is 21. The fourth-order valence-corrected chi connectivity index (χ4v) is 29.7. The van der Waals surface area contributed by atoms with Gasteiger partial charge in [0, 0.05) is 26.2 Å². The first-order valence-corrected chi connectivity index (χ1v) is 35.6. The largest absolute Gasteiger partial charge is 0.457 e. The molecule has 272 valence electrons. The molecule has 0 aromatic carbocycles. The summed E-state index contributed by atoms with van der Waals surface area (Å²) in [5.74, 6) is -0.195. The van der Waals surface area contributed by atoms with Crippen molar-refractivity contribution in [3.8, 4) is 0 Å². The summed E-state index contributed by atoms with van der Waals surface area (Å²) < 4.78 is 38.2. The average molecular weight is 756 g/mol. The fourth-order valence-electron chi connectivity index (χ4n) is 5.88. The maximum absolute atomic E-state index is 12.7. The number of aliphatic hydroxyl groups is 1. The minimum Gasteiger partial charge on any atom is -0.457 e. The lowest BCUT2D eigenvalue weighted by Gasteiger charge is -2.41. The zero-order valence-electron chi connectivity index (χ0n) is 32.2. The molecule has 0 aromatic rings. The average Bonchev–Trinajstić information content (AvgIpc) is 2.78. The highest BCUT2D eigenvalue weighted by molar-refractivity contribution is 6.90. The van der Waals surface area contributed by atoms with E-state index in [2.05, 4.69) is 104 Å². The van der Waals surface area contributed by atoms with Crippen molar-refractivity contribution in [2.75, 3.05) is 66.1 Å². The van der Waals surface area contributed by atoms with Crippen molar-refractivity contribution in [3.63, 3.8) is 0 Å². The Hall–Kier alpha value is 0.191. The minimum atomic E-state index is -2.50. The van der Waals surface area contributed by atoms with Gasteiger partial charge in [0.05, 0.1) is 32.8 Å². The van der Waals surface area contributed by atoms with Gasteiger partial charge in [0.1, 0.15) is 6.61 Å². The zero-order chi connectivity index (χ0) is 35.7. The predicted octanol–water partition coefficient (Wildman–Crippen LogP) is 5.70. The number of carbonyl (C=O) groups excluding carboxylic acids is 1. The van der Waals surface area contributed by atoms with Gasteiger partial charge in [0.25, 0.3) is 0 Å². The lowest BCUT2D eigenvalue weighted by Crippen LogP contribution is -2.60. The smallest absolute Gasteiger partial charge is 0.362 e. The van der Waals surface area contributed by atoms with Crippen molar-refractivity contribution in [1.82, 2.24) is 4.90 Å². The number of quaternary nitrogens is 1. The van der Waals surface area contributed by atoms with Crippen molar-refractivity contribution in [1.29, 1.82) is 0 Å². The number of carbonyl (C=O) groups is 1. The molecule has 0 aromatic heterocycles. The molecule has 16 heteroatoms. The Morgan fingerprint density at radius 2 is 1.28 bits per heavy atom. The lowest BCUT2D eigenvalue weighted by molar-refractivity contribution is -0.906. The highest BCUT2D eigenvalue weighted by atomic mass is 28.5. The molecule has 0 radical (unpaired) electrons. The van der Waals surface area contributed by atoms with Crippen molar-refractivity contribution >= 4 is 56.4 Å². The minimum absolute atomic E-state index is 0.195. The van der Waals surface area contributed by atoms with Gasteiger partial charge in [-0.15, -0.1) is 0 Å². The quantitative estimate of drug-likeness (QED) is 0.0685. The first-order valence-electron chi connectivity index (χ1n) is 17.1. The Morgan fingerprint density at radius 3 is 1.74 bits per heavy atom. The van der Waals surface area contributed by atoms with Crippen LogP contribution in [0.1, 0.15) is 6.42 Å². The van der Waals surface area contributed by atoms with Crippen molar-refractivity contribution in [2.45, 2.75) is 110 Å². The van der Waals surface area contributed by atoms with Gasteiger partial charge < -0.3 is 35.5 Å². The topological polar surface area (TPSA) is 95.9 Å². The molecule has 10 nitrogen and oxygen atoms in total. The zero-order valence-corrected chi connectivity index (χ0v) is 38.2. The Labute approximate surface area is 288 Å². The van der Waals surface area contributed by atoms with Gasteiger partial charge >= 0.3 is 23.1 Å². The highest BCUT2D eigenvalue weighted by Gasteiger charge is 2.40. The maximum Gasteiger partial charge on any atom is 0.362 e. The second-order valence-corrected chi connectivity index (χ2v) is 42.7. The molecule has 0 spiro atoms. The van der Waals surface area contributed by atoms with Gasteiger partial charge in [-0.05, 0) is 110 Å². The van der Waals surface area contributed by atoms with Gasteiger partial charge in [-0.3, -0.25) is 4.90 Å². The molecule has 1 unspecified atom stereocenters. The Kier molecular flexibility index (Phi) is 17.2. The number of piperazine rings is 1. The van der Waals surface area contributed by atoms with Crippen molar-refractivity contribution in [3.05, 3.63) is 11.8 Å². The first-order chi connectivity index (χ1) is 20.6. The summed E-state index contributed by atoms with van der Waals surface area (Å²) in [6.45, 7) is 36.0. The van der Waals surface area contributed by atoms with Crippen LogP contribution in [0.15, 0.2) is 11.8 Å². The SMILES string of the molecule is C[N+]1(CC(=O)OC/C=C\[Si](C)(O[Si](C)(C)C)O[Si](C)(C)C)CCN(CC(O)COCCC[Si](C)(O[Si](C)(C)C)O[Si](C)(C)C)CC1. The lowest BCUT2D eigenvalue weighted by atomic mass is 10.2. The van der Waals surface area contributed by atoms with E-state index in [1.807, 2.05) is 11.8 Å². The van der Waals surface area contributed by atoms with E-state index in [-0.39, 0.29) is 12.6 Å². The molecule has 0 aliphatic carbocycles. The monoisotopic (exact) mass is 755 g/mol.